The van der Waals surface area contributed by atoms with Gasteiger partial charge in [-0.3, -0.25) is 19.3 Å². The van der Waals surface area contributed by atoms with E-state index in [0.717, 1.165) is 15.4 Å². The highest BCUT2D eigenvalue weighted by Crippen LogP contribution is 2.21. The molecule has 0 radical (unpaired) electrons. The van der Waals surface area contributed by atoms with Crippen molar-refractivity contribution < 1.29 is 23.6 Å². The molecule has 9 heteroatoms. The Bertz CT molecular complexity index is 1200. The van der Waals surface area contributed by atoms with E-state index in [4.69, 9.17) is 16.0 Å². The molecule has 0 saturated carbocycles. The normalized spacial score (nSPS) is 13.8. The number of nitrogens with zero attached hydrogens (tertiary/aromatic N) is 2. The van der Waals surface area contributed by atoms with Gasteiger partial charge in [0.15, 0.2) is 0 Å². The fourth-order valence-electron chi connectivity index (χ4n) is 3.26. The van der Waals surface area contributed by atoms with Gasteiger partial charge in [0.1, 0.15) is 5.76 Å². The molecule has 1 N–H and O–H groups in total. The lowest BCUT2D eigenvalue weighted by Crippen LogP contribution is -2.32. The van der Waals surface area contributed by atoms with Crippen LogP contribution in [0, 0.1) is 6.92 Å². The van der Waals surface area contributed by atoms with Crippen LogP contribution in [0.3, 0.4) is 0 Å². The number of carbonyl (C=O) groups excluding carboxylic acids is 4. The highest BCUT2D eigenvalue weighted by Gasteiger charge is 2.44. The molecule has 4 rings (SSSR count). The Morgan fingerprint density at radius 3 is 2.28 bits per heavy atom. The number of hydrogen-bond acceptors (Lipinski definition) is 5. The highest BCUT2D eigenvalue weighted by molar-refractivity contribution is 6.44. The summed E-state index contributed by atoms with van der Waals surface area (Å²) in [7, 11) is 0. The summed E-state index contributed by atoms with van der Waals surface area (Å²) in [5.74, 6) is -1.72. The second-order valence-corrected chi connectivity index (χ2v) is 7.67. The summed E-state index contributed by atoms with van der Waals surface area (Å²) < 4.78 is 5.15. The average molecular weight is 452 g/mol. The highest BCUT2D eigenvalue weighted by atomic mass is 35.5. The van der Waals surface area contributed by atoms with Crippen molar-refractivity contribution in [2.24, 2.45) is 0 Å². The molecule has 1 aliphatic rings. The van der Waals surface area contributed by atoms with Gasteiger partial charge in [0.2, 0.25) is 0 Å². The van der Waals surface area contributed by atoms with E-state index in [1.165, 1.54) is 6.26 Å². The lowest BCUT2D eigenvalue weighted by atomic mass is 10.1. The summed E-state index contributed by atoms with van der Waals surface area (Å²) in [6.45, 7) is 1.64. The Hall–Kier alpha value is -3.91. The molecule has 0 bridgehead atoms. The summed E-state index contributed by atoms with van der Waals surface area (Å²) in [5.41, 5.74) is 2.45. The van der Waals surface area contributed by atoms with Gasteiger partial charge >= 0.3 is 17.8 Å². The third-order valence-electron chi connectivity index (χ3n) is 5.00. The van der Waals surface area contributed by atoms with Crippen LogP contribution in [0.2, 0.25) is 5.02 Å². The molecule has 0 spiro atoms. The SMILES string of the molecule is Cc1cc(NC(=O)c2ccc(CN3C(=O)C(=O)N(Cc4ccco4)C3=O)cc2)ccc1Cl. The largest absolute Gasteiger partial charge is 0.467 e. The van der Waals surface area contributed by atoms with Gasteiger partial charge in [0.05, 0.1) is 19.4 Å². The summed E-state index contributed by atoms with van der Waals surface area (Å²) in [6, 6.07) is 14.1. The van der Waals surface area contributed by atoms with Crippen molar-refractivity contribution in [3.63, 3.8) is 0 Å². The van der Waals surface area contributed by atoms with Crippen molar-refractivity contribution in [2.45, 2.75) is 20.0 Å². The lowest BCUT2D eigenvalue weighted by molar-refractivity contribution is -0.143. The van der Waals surface area contributed by atoms with Crippen LogP contribution in [-0.2, 0) is 22.7 Å². The number of urea groups is 1. The first-order chi connectivity index (χ1) is 15.3. The molecule has 1 fully saturated rings. The van der Waals surface area contributed by atoms with Gasteiger partial charge in [0, 0.05) is 16.3 Å². The number of rotatable bonds is 6. The topological polar surface area (TPSA) is 99.9 Å². The average Bonchev–Trinajstić information content (AvgIpc) is 3.36. The second-order valence-electron chi connectivity index (χ2n) is 7.26. The van der Waals surface area contributed by atoms with Gasteiger partial charge in [-0.05, 0) is 60.5 Å². The maximum absolute atomic E-state index is 12.6. The quantitative estimate of drug-likeness (QED) is 0.451. The molecule has 1 aromatic heterocycles. The van der Waals surface area contributed by atoms with Crippen LogP contribution in [0.25, 0.3) is 0 Å². The third-order valence-corrected chi connectivity index (χ3v) is 5.43. The van der Waals surface area contributed by atoms with Crippen molar-refractivity contribution in [2.75, 3.05) is 5.32 Å². The first-order valence-electron chi connectivity index (χ1n) is 9.69. The standard InChI is InChI=1S/C23H18ClN3O5/c1-14-11-17(8-9-19(14)24)25-20(28)16-6-4-15(5-7-16)12-26-21(29)22(30)27(23(26)31)13-18-3-2-10-32-18/h2-11H,12-13H2,1H3,(H,25,28). The van der Waals surface area contributed by atoms with E-state index in [9.17, 15) is 19.2 Å². The minimum Gasteiger partial charge on any atom is -0.467 e. The number of hydrogen-bond donors (Lipinski definition) is 1. The Balaban J connectivity index is 1.42. The van der Waals surface area contributed by atoms with E-state index in [-0.39, 0.29) is 19.0 Å². The molecule has 3 aromatic rings. The van der Waals surface area contributed by atoms with Crippen LogP contribution in [0.4, 0.5) is 10.5 Å². The predicted octanol–water partition coefficient (Wildman–Crippen LogP) is 3.98. The summed E-state index contributed by atoms with van der Waals surface area (Å²) in [4.78, 5) is 51.3. The molecule has 2 aromatic carbocycles. The molecule has 0 aliphatic carbocycles. The maximum atomic E-state index is 12.6. The smallest absolute Gasteiger partial charge is 0.334 e. The number of furan rings is 1. The van der Waals surface area contributed by atoms with Gasteiger partial charge in [-0.25, -0.2) is 9.69 Å². The van der Waals surface area contributed by atoms with Crippen LogP contribution in [-0.4, -0.2) is 33.6 Å². The van der Waals surface area contributed by atoms with Crippen molar-refractivity contribution >= 4 is 41.0 Å². The van der Waals surface area contributed by atoms with Crippen molar-refractivity contribution in [1.29, 1.82) is 0 Å². The molecule has 2 heterocycles. The van der Waals surface area contributed by atoms with E-state index >= 15 is 0 Å². The Kier molecular flexibility index (Phi) is 5.79. The fraction of sp³-hybridized carbons (Fsp3) is 0.130. The maximum Gasteiger partial charge on any atom is 0.334 e. The van der Waals surface area contributed by atoms with E-state index in [1.54, 1.807) is 54.6 Å². The van der Waals surface area contributed by atoms with E-state index in [1.807, 2.05) is 6.92 Å². The second kappa shape index (κ2) is 8.68. The number of anilines is 1. The lowest BCUT2D eigenvalue weighted by Gasteiger charge is -2.15. The molecule has 0 unspecified atom stereocenters. The minimum absolute atomic E-state index is 0.0870. The number of halogens is 1. The third kappa shape index (κ3) is 4.26. The molecule has 5 amide bonds. The monoisotopic (exact) mass is 451 g/mol. The van der Waals surface area contributed by atoms with Crippen LogP contribution >= 0.6 is 11.6 Å². The van der Waals surface area contributed by atoms with Gasteiger partial charge in [-0.1, -0.05) is 23.7 Å². The van der Waals surface area contributed by atoms with Gasteiger partial charge in [-0.15, -0.1) is 0 Å². The summed E-state index contributed by atoms with van der Waals surface area (Å²) >= 11 is 6.00. The van der Waals surface area contributed by atoms with Crippen molar-refractivity contribution in [3.8, 4) is 0 Å². The van der Waals surface area contributed by atoms with Crippen molar-refractivity contribution in [1.82, 2.24) is 9.80 Å². The van der Waals surface area contributed by atoms with Crippen LogP contribution in [0.1, 0.15) is 27.2 Å². The summed E-state index contributed by atoms with van der Waals surface area (Å²) in [6.07, 6.45) is 1.42. The molecular weight excluding hydrogens is 434 g/mol. The number of imide groups is 2. The number of aryl methyl sites for hydroxylation is 1. The first kappa shape index (κ1) is 21.3. The number of benzene rings is 2. The zero-order valence-electron chi connectivity index (χ0n) is 17.0. The van der Waals surface area contributed by atoms with E-state index < -0.39 is 17.8 Å². The Morgan fingerprint density at radius 1 is 0.969 bits per heavy atom. The molecular formula is C23H18ClN3O5. The number of carbonyl (C=O) groups is 4. The molecule has 162 valence electrons. The number of nitrogens with one attached hydrogen (secondary N) is 1. The molecule has 32 heavy (non-hydrogen) atoms. The van der Waals surface area contributed by atoms with Crippen LogP contribution < -0.4 is 5.32 Å². The first-order valence-corrected chi connectivity index (χ1v) is 10.1. The van der Waals surface area contributed by atoms with Gasteiger partial charge in [0.25, 0.3) is 5.91 Å². The fourth-order valence-corrected chi connectivity index (χ4v) is 3.37. The number of amides is 5. The van der Waals surface area contributed by atoms with Crippen molar-refractivity contribution in [3.05, 3.63) is 88.3 Å². The molecule has 0 atom stereocenters. The summed E-state index contributed by atoms with van der Waals surface area (Å²) in [5, 5.41) is 3.40. The van der Waals surface area contributed by atoms with Crippen LogP contribution in [0.15, 0.2) is 65.3 Å². The molecule has 8 nitrogen and oxygen atoms in total. The molecule has 1 saturated heterocycles. The van der Waals surface area contributed by atoms with Gasteiger partial charge < -0.3 is 9.73 Å². The van der Waals surface area contributed by atoms with E-state index in [0.29, 0.717) is 27.6 Å². The van der Waals surface area contributed by atoms with Crippen LogP contribution in [0.5, 0.6) is 0 Å². The predicted molar refractivity (Wildman–Crippen MR) is 116 cm³/mol. The van der Waals surface area contributed by atoms with Gasteiger partial charge in [-0.2, -0.15) is 0 Å². The Labute approximate surface area is 188 Å². The Morgan fingerprint density at radius 2 is 1.66 bits per heavy atom. The molecule has 1 aliphatic heterocycles. The zero-order valence-corrected chi connectivity index (χ0v) is 17.8. The van der Waals surface area contributed by atoms with E-state index in [2.05, 4.69) is 5.32 Å². The minimum atomic E-state index is -0.902. The zero-order chi connectivity index (χ0) is 22.8.